The third kappa shape index (κ3) is 4.73. The van der Waals surface area contributed by atoms with Gasteiger partial charge in [0, 0.05) is 30.4 Å². The molecule has 5 heteroatoms. The lowest BCUT2D eigenvalue weighted by molar-refractivity contribution is 0.0773. The second-order valence-electron chi connectivity index (χ2n) is 6.52. The Morgan fingerprint density at radius 2 is 1.71 bits per heavy atom. The molecule has 2 rings (SSSR count). The van der Waals surface area contributed by atoms with Crippen molar-refractivity contribution in [2.45, 2.75) is 52.5 Å². The number of carbonyl (C=O) groups excluding carboxylic acids is 2. The molecule has 2 unspecified atom stereocenters. The van der Waals surface area contributed by atoms with Gasteiger partial charge in [-0.05, 0) is 56.9 Å². The van der Waals surface area contributed by atoms with Crippen molar-refractivity contribution in [3.8, 4) is 0 Å². The van der Waals surface area contributed by atoms with Crippen LogP contribution in [-0.4, -0.2) is 36.0 Å². The molecule has 0 heterocycles. The summed E-state index contributed by atoms with van der Waals surface area (Å²) < 4.78 is 0. The number of nitrogens with one attached hydrogen (secondary N) is 2. The van der Waals surface area contributed by atoms with Crippen LogP contribution in [0, 0.1) is 5.92 Å². The highest BCUT2D eigenvalue weighted by molar-refractivity contribution is 5.95. The summed E-state index contributed by atoms with van der Waals surface area (Å²) in [5, 5.41) is 5.92. The van der Waals surface area contributed by atoms with Crippen molar-refractivity contribution < 1.29 is 9.59 Å². The van der Waals surface area contributed by atoms with E-state index < -0.39 is 0 Å². The van der Waals surface area contributed by atoms with E-state index in [1.807, 2.05) is 13.8 Å². The Bertz CT molecular complexity index is 552. The molecule has 1 aliphatic rings. The molecule has 0 spiro atoms. The minimum absolute atomic E-state index is 0.0204. The Morgan fingerprint density at radius 1 is 1.08 bits per heavy atom. The van der Waals surface area contributed by atoms with Gasteiger partial charge in [-0.2, -0.15) is 0 Å². The normalized spacial score (nSPS) is 20.3. The van der Waals surface area contributed by atoms with Gasteiger partial charge in [-0.25, -0.2) is 4.79 Å². The molecule has 2 N–H and O–H groups in total. The second-order valence-corrected chi connectivity index (χ2v) is 6.52. The number of benzene rings is 1. The van der Waals surface area contributed by atoms with Crippen LogP contribution in [0.3, 0.4) is 0 Å². The third-order valence-corrected chi connectivity index (χ3v) is 4.87. The molecular weight excluding hydrogens is 302 g/mol. The Morgan fingerprint density at radius 3 is 2.29 bits per heavy atom. The van der Waals surface area contributed by atoms with Crippen molar-refractivity contribution in [3.63, 3.8) is 0 Å². The van der Waals surface area contributed by atoms with Crippen molar-refractivity contribution in [1.82, 2.24) is 10.2 Å². The van der Waals surface area contributed by atoms with Gasteiger partial charge in [0.15, 0.2) is 0 Å². The number of hydrogen-bond acceptors (Lipinski definition) is 2. The fourth-order valence-electron chi connectivity index (χ4n) is 3.26. The predicted octanol–water partition coefficient (Wildman–Crippen LogP) is 3.87. The Balaban J connectivity index is 1.91. The number of nitrogens with zero attached hydrogens (tertiary/aromatic N) is 1. The number of anilines is 1. The van der Waals surface area contributed by atoms with Crippen LogP contribution in [0.15, 0.2) is 24.3 Å². The molecule has 0 aliphatic heterocycles. The van der Waals surface area contributed by atoms with Crippen LogP contribution in [-0.2, 0) is 0 Å². The van der Waals surface area contributed by atoms with Gasteiger partial charge >= 0.3 is 6.03 Å². The molecule has 5 nitrogen and oxygen atoms in total. The first-order chi connectivity index (χ1) is 11.5. The van der Waals surface area contributed by atoms with Gasteiger partial charge in [0.05, 0.1) is 0 Å². The summed E-state index contributed by atoms with van der Waals surface area (Å²) in [6, 6.07) is 7.17. The number of hydrogen-bond donors (Lipinski definition) is 2. The highest BCUT2D eigenvalue weighted by atomic mass is 16.2. The predicted molar refractivity (Wildman–Crippen MR) is 97.3 cm³/mol. The smallest absolute Gasteiger partial charge is 0.319 e. The fraction of sp³-hybridized carbons (Fsp3) is 0.579. The SMILES string of the molecule is CCN(CC)C(=O)c1ccc(NC(=O)NC2CCCCC2C)cc1. The van der Waals surface area contributed by atoms with Gasteiger partial charge in [-0.3, -0.25) is 4.79 Å². The molecule has 1 aromatic rings. The molecule has 1 fully saturated rings. The summed E-state index contributed by atoms with van der Waals surface area (Å²) in [6.07, 6.45) is 4.65. The van der Waals surface area contributed by atoms with E-state index in [-0.39, 0.29) is 18.0 Å². The number of urea groups is 1. The van der Waals surface area contributed by atoms with E-state index in [4.69, 9.17) is 0 Å². The molecule has 1 aromatic carbocycles. The summed E-state index contributed by atoms with van der Waals surface area (Å²) in [6.45, 7) is 7.51. The highest BCUT2D eigenvalue weighted by Crippen LogP contribution is 2.23. The molecule has 1 saturated carbocycles. The molecule has 2 atom stereocenters. The highest BCUT2D eigenvalue weighted by Gasteiger charge is 2.22. The van der Waals surface area contributed by atoms with Crippen LogP contribution < -0.4 is 10.6 Å². The lowest BCUT2D eigenvalue weighted by Gasteiger charge is -2.29. The van der Waals surface area contributed by atoms with Gasteiger partial charge in [0.1, 0.15) is 0 Å². The fourth-order valence-corrected chi connectivity index (χ4v) is 3.26. The summed E-state index contributed by atoms with van der Waals surface area (Å²) >= 11 is 0. The zero-order valence-corrected chi connectivity index (χ0v) is 15.0. The average Bonchev–Trinajstić information content (AvgIpc) is 2.58. The van der Waals surface area contributed by atoms with Crippen molar-refractivity contribution >= 4 is 17.6 Å². The van der Waals surface area contributed by atoms with Crippen LogP contribution in [0.5, 0.6) is 0 Å². The van der Waals surface area contributed by atoms with Crippen LogP contribution in [0.25, 0.3) is 0 Å². The van der Waals surface area contributed by atoms with Crippen LogP contribution in [0.1, 0.15) is 56.8 Å². The summed E-state index contributed by atoms with van der Waals surface area (Å²) in [7, 11) is 0. The largest absolute Gasteiger partial charge is 0.339 e. The van der Waals surface area contributed by atoms with E-state index in [1.54, 1.807) is 29.2 Å². The van der Waals surface area contributed by atoms with Crippen molar-refractivity contribution in [2.75, 3.05) is 18.4 Å². The van der Waals surface area contributed by atoms with E-state index in [2.05, 4.69) is 17.6 Å². The minimum Gasteiger partial charge on any atom is -0.339 e. The lowest BCUT2D eigenvalue weighted by Crippen LogP contribution is -2.43. The zero-order valence-electron chi connectivity index (χ0n) is 15.0. The first kappa shape index (κ1) is 18.3. The average molecular weight is 331 g/mol. The van der Waals surface area contributed by atoms with E-state index in [0.29, 0.717) is 30.3 Å². The summed E-state index contributed by atoms with van der Waals surface area (Å²) in [5.74, 6) is 0.547. The Kier molecular flexibility index (Phi) is 6.64. The molecule has 1 aliphatic carbocycles. The molecule has 0 aromatic heterocycles. The van der Waals surface area contributed by atoms with Gasteiger partial charge in [0.25, 0.3) is 5.91 Å². The second kappa shape index (κ2) is 8.71. The maximum atomic E-state index is 12.3. The van der Waals surface area contributed by atoms with E-state index >= 15 is 0 Å². The molecule has 3 amide bonds. The number of amides is 3. The van der Waals surface area contributed by atoms with Gasteiger partial charge < -0.3 is 15.5 Å². The van der Waals surface area contributed by atoms with Crippen LogP contribution >= 0.6 is 0 Å². The molecular formula is C19H29N3O2. The molecule has 0 saturated heterocycles. The van der Waals surface area contributed by atoms with Crippen molar-refractivity contribution in [3.05, 3.63) is 29.8 Å². The van der Waals surface area contributed by atoms with E-state index in [0.717, 1.165) is 6.42 Å². The maximum absolute atomic E-state index is 12.3. The van der Waals surface area contributed by atoms with Crippen LogP contribution in [0.2, 0.25) is 0 Å². The zero-order chi connectivity index (χ0) is 17.5. The minimum atomic E-state index is -0.170. The first-order valence-electron chi connectivity index (χ1n) is 9.02. The Labute approximate surface area is 144 Å². The Hall–Kier alpha value is -2.04. The summed E-state index contributed by atoms with van der Waals surface area (Å²) in [4.78, 5) is 26.2. The standard InChI is InChI=1S/C19H29N3O2/c1-4-22(5-2)18(23)15-10-12-16(13-11-15)20-19(24)21-17-9-7-6-8-14(17)3/h10-14,17H,4-9H2,1-3H3,(H2,20,21,24). The monoisotopic (exact) mass is 331 g/mol. The quantitative estimate of drug-likeness (QED) is 0.860. The number of rotatable bonds is 5. The molecule has 0 bridgehead atoms. The van der Waals surface area contributed by atoms with Crippen molar-refractivity contribution in [2.24, 2.45) is 5.92 Å². The van der Waals surface area contributed by atoms with Crippen LogP contribution in [0.4, 0.5) is 10.5 Å². The molecule has 132 valence electrons. The number of carbonyl (C=O) groups is 2. The third-order valence-electron chi connectivity index (χ3n) is 4.87. The summed E-state index contributed by atoms with van der Waals surface area (Å²) in [5.41, 5.74) is 1.35. The topological polar surface area (TPSA) is 61.4 Å². The maximum Gasteiger partial charge on any atom is 0.319 e. The van der Waals surface area contributed by atoms with Gasteiger partial charge in [0.2, 0.25) is 0 Å². The van der Waals surface area contributed by atoms with Gasteiger partial charge in [-0.1, -0.05) is 19.8 Å². The lowest BCUT2D eigenvalue weighted by atomic mass is 9.86. The molecule has 0 radical (unpaired) electrons. The van der Waals surface area contributed by atoms with Gasteiger partial charge in [-0.15, -0.1) is 0 Å². The first-order valence-corrected chi connectivity index (χ1v) is 9.02. The van der Waals surface area contributed by atoms with E-state index in [9.17, 15) is 9.59 Å². The van der Waals surface area contributed by atoms with E-state index in [1.165, 1.54) is 19.3 Å². The van der Waals surface area contributed by atoms with Crippen molar-refractivity contribution in [1.29, 1.82) is 0 Å². The molecule has 24 heavy (non-hydrogen) atoms.